The number of amides is 3. The predicted octanol–water partition coefficient (Wildman–Crippen LogP) is 1.17. The average molecular weight is 425 g/mol. The van der Waals surface area contributed by atoms with E-state index in [2.05, 4.69) is 19.2 Å². The maximum Gasteiger partial charge on any atom is 0.257 e. The maximum absolute atomic E-state index is 13.0. The average Bonchev–Trinajstić information content (AvgIpc) is 3.09. The summed E-state index contributed by atoms with van der Waals surface area (Å²) in [5.74, 6) is -0.669. The molecule has 0 aromatic rings. The second-order valence-electron chi connectivity index (χ2n) is 8.84. The highest BCUT2D eigenvalue weighted by Gasteiger charge is 2.60. The van der Waals surface area contributed by atoms with Crippen LogP contribution in [0.15, 0.2) is 12.2 Å². The highest BCUT2D eigenvalue weighted by Crippen LogP contribution is 2.45. The number of nitrogens with one attached hydrogen (secondary N) is 2. The Bertz CT molecular complexity index is 727. The van der Waals surface area contributed by atoms with Gasteiger partial charge in [0, 0.05) is 30.1 Å². The second kappa shape index (κ2) is 8.95. The fourth-order valence-corrected chi connectivity index (χ4v) is 5.07. The van der Waals surface area contributed by atoms with E-state index in [0.717, 1.165) is 25.7 Å². The molecule has 0 spiro atoms. The van der Waals surface area contributed by atoms with Crippen molar-refractivity contribution in [3.8, 4) is 0 Å². The van der Waals surface area contributed by atoms with E-state index in [4.69, 9.17) is 0 Å². The van der Waals surface area contributed by atoms with E-state index in [1.165, 1.54) is 0 Å². The minimum absolute atomic E-state index is 0.0261. The van der Waals surface area contributed by atoms with E-state index in [1.54, 1.807) is 4.90 Å². The van der Waals surface area contributed by atoms with Gasteiger partial charge in [0.15, 0.2) is 0 Å². The molecular formula is C20H30N3O5S-. The van der Waals surface area contributed by atoms with Gasteiger partial charge in [0.1, 0.15) is 11.6 Å². The Hall–Kier alpha value is -1.74. The van der Waals surface area contributed by atoms with Gasteiger partial charge in [-0.1, -0.05) is 26.0 Å². The van der Waals surface area contributed by atoms with Crippen LogP contribution in [0.4, 0.5) is 0 Å². The van der Waals surface area contributed by atoms with Crippen LogP contribution in [0.3, 0.4) is 0 Å². The Labute approximate surface area is 174 Å². The zero-order valence-corrected chi connectivity index (χ0v) is 17.8. The summed E-state index contributed by atoms with van der Waals surface area (Å²) >= 11 is -2.75. The second-order valence-corrected chi connectivity index (χ2v) is 9.51. The highest BCUT2D eigenvalue weighted by molar-refractivity contribution is 7.77. The number of carbonyl (C=O) groups is 3. The quantitative estimate of drug-likeness (QED) is 0.509. The summed E-state index contributed by atoms with van der Waals surface area (Å²) in [7, 11) is 0. The van der Waals surface area contributed by atoms with E-state index < -0.39 is 28.8 Å². The zero-order chi connectivity index (χ0) is 21.2. The fourth-order valence-electron chi connectivity index (χ4n) is 4.73. The molecule has 1 saturated heterocycles. The molecule has 1 saturated carbocycles. The predicted molar refractivity (Wildman–Crippen MR) is 107 cm³/mol. The van der Waals surface area contributed by atoms with Gasteiger partial charge in [0.25, 0.3) is 5.91 Å². The molecular weight excluding hydrogens is 394 g/mol. The van der Waals surface area contributed by atoms with E-state index >= 15 is 0 Å². The van der Waals surface area contributed by atoms with Crippen molar-refractivity contribution in [1.29, 1.82) is 0 Å². The van der Waals surface area contributed by atoms with Crippen LogP contribution < -0.4 is 10.0 Å². The van der Waals surface area contributed by atoms with Gasteiger partial charge < -0.3 is 14.8 Å². The number of hydrogen-bond donors (Lipinski definition) is 2. The van der Waals surface area contributed by atoms with Gasteiger partial charge in [-0.3, -0.25) is 23.3 Å². The molecule has 3 aliphatic rings. The van der Waals surface area contributed by atoms with Gasteiger partial charge >= 0.3 is 0 Å². The number of nitrogens with zero attached hydrogens (tertiary/aromatic N) is 1. The molecule has 1 aliphatic carbocycles. The molecule has 6 unspecified atom stereocenters. The molecule has 2 heterocycles. The van der Waals surface area contributed by atoms with Crippen molar-refractivity contribution in [1.82, 2.24) is 14.9 Å². The molecule has 0 radical (unpaired) electrons. The minimum atomic E-state index is -2.75. The van der Waals surface area contributed by atoms with Crippen molar-refractivity contribution in [3.63, 3.8) is 0 Å². The SMILES string of the molecule is CC1CCC=CC2CC2(C(=O)NS(=O)[O-])NC(=O)C2CCCN2C(=O)CC(C)C1. The Morgan fingerprint density at radius 1 is 1.31 bits per heavy atom. The molecule has 0 bridgehead atoms. The normalized spacial score (nSPS) is 36.9. The van der Waals surface area contributed by atoms with Crippen LogP contribution in [-0.4, -0.2) is 49.5 Å². The molecule has 2 fully saturated rings. The summed E-state index contributed by atoms with van der Waals surface area (Å²) in [6, 6.07) is -0.607. The Kier molecular flexibility index (Phi) is 6.78. The van der Waals surface area contributed by atoms with Crippen molar-refractivity contribution in [2.24, 2.45) is 17.8 Å². The van der Waals surface area contributed by atoms with Crippen molar-refractivity contribution in [2.75, 3.05) is 6.54 Å². The van der Waals surface area contributed by atoms with E-state index in [-0.39, 0.29) is 23.7 Å². The van der Waals surface area contributed by atoms with Gasteiger partial charge in [-0.15, -0.1) is 0 Å². The fraction of sp³-hybridized carbons (Fsp3) is 0.750. The zero-order valence-electron chi connectivity index (χ0n) is 17.0. The lowest BCUT2D eigenvalue weighted by Gasteiger charge is -2.28. The first-order valence-corrected chi connectivity index (χ1v) is 11.5. The topological polar surface area (TPSA) is 119 Å². The third-order valence-electron chi connectivity index (χ3n) is 6.34. The molecule has 29 heavy (non-hydrogen) atoms. The Balaban J connectivity index is 1.83. The number of carbonyl (C=O) groups excluding carboxylic acids is 3. The number of rotatable bonds is 2. The summed E-state index contributed by atoms with van der Waals surface area (Å²) in [6.45, 7) is 4.78. The lowest BCUT2D eigenvalue weighted by Crippen LogP contribution is -2.55. The first kappa shape index (κ1) is 22.0. The van der Waals surface area contributed by atoms with Gasteiger partial charge in [-0.2, -0.15) is 0 Å². The molecule has 2 aliphatic heterocycles. The van der Waals surface area contributed by atoms with Gasteiger partial charge in [0.2, 0.25) is 11.8 Å². The largest absolute Gasteiger partial charge is 0.755 e. The first-order valence-electron chi connectivity index (χ1n) is 10.4. The van der Waals surface area contributed by atoms with Gasteiger partial charge in [-0.25, -0.2) is 0 Å². The van der Waals surface area contributed by atoms with Gasteiger partial charge in [0.05, 0.1) is 0 Å². The highest BCUT2D eigenvalue weighted by atomic mass is 32.2. The molecule has 162 valence electrons. The standard InChI is InChI=1S/C20H31N3O5S/c1-13-6-3-4-7-15-12-20(15,19(26)22-29(27)28)21-18(25)16-8-5-9-23(16)17(24)11-14(2)10-13/h4,7,13-16H,3,5-6,8-12H2,1-2H3,(H,21,25)(H,22,26)(H,27,28)/p-1. The van der Waals surface area contributed by atoms with Crippen molar-refractivity contribution in [3.05, 3.63) is 12.2 Å². The number of hydrogen-bond acceptors (Lipinski definition) is 5. The lowest BCUT2D eigenvalue weighted by atomic mass is 9.91. The van der Waals surface area contributed by atoms with Crippen LogP contribution in [0.5, 0.6) is 0 Å². The minimum Gasteiger partial charge on any atom is -0.755 e. The van der Waals surface area contributed by atoms with Crippen LogP contribution >= 0.6 is 0 Å². The van der Waals surface area contributed by atoms with Crippen LogP contribution in [0.2, 0.25) is 0 Å². The molecule has 3 amide bonds. The van der Waals surface area contributed by atoms with Crippen LogP contribution in [0, 0.1) is 17.8 Å². The van der Waals surface area contributed by atoms with E-state index in [9.17, 15) is 23.1 Å². The molecule has 8 nitrogen and oxygen atoms in total. The first-order chi connectivity index (χ1) is 13.7. The van der Waals surface area contributed by atoms with E-state index in [0.29, 0.717) is 31.7 Å². The molecule has 0 aromatic carbocycles. The van der Waals surface area contributed by atoms with Crippen molar-refractivity contribution >= 4 is 29.0 Å². The number of allylic oxidation sites excluding steroid dienone is 1. The van der Waals surface area contributed by atoms with Crippen molar-refractivity contribution in [2.45, 2.75) is 70.4 Å². The molecule has 0 aromatic heterocycles. The summed E-state index contributed by atoms with van der Waals surface area (Å²) in [4.78, 5) is 40.0. The third kappa shape index (κ3) is 5.06. The summed E-state index contributed by atoms with van der Waals surface area (Å²) < 4.78 is 23.8. The Morgan fingerprint density at radius 2 is 2.07 bits per heavy atom. The summed E-state index contributed by atoms with van der Waals surface area (Å²) in [5.41, 5.74) is -1.26. The van der Waals surface area contributed by atoms with Crippen LogP contribution in [-0.2, 0) is 25.7 Å². The smallest absolute Gasteiger partial charge is 0.257 e. The third-order valence-corrected chi connectivity index (χ3v) is 6.69. The van der Waals surface area contributed by atoms with Crippen molar-refractivity contribution < 1.29 is 23.1 Å². The molecule has 3 rings (SSSR count). The van der Waals surface area contributed by atoms with Crippen LogP contribution in [0.25, 0.3) is 0 Å². The van der Waals surface area contributed by atoms with E-state index in [1.807, 2.05) is 16.9 Å². The summed E-state index contributed by atoms with van der Waals surface area (Å²) in [6.07, 6.45) is 8.73. The molecule has 9 heteroatoms. The molecule has 2 N–H and O–H groups in total. The molecule has 6 atom stereocenters. The van der Waals surface area contributed by atoms with Gasteiger partial charge in [-0.05, 0) is 50.4 Å². The number of fused-ring (bicyclic) bond motifs is 2. The maximum atomic E-state index is 13.0. The monoisotopic (exact) mass is 424 g/mol. The lowest BCUT2D eigenvalue weighted by molar-refractivity contribution is -0.140. The Morgan fingerprint density at radius 3 is 2.79 bits per heavy atom. The summed E-state index contributed by atoms with van der Waals surface area (Å²) in [5, 5.41) is 2.78. The van der Waals surface area contributed by atoms with Crippen LogP contribution in [0.1, 0.15) is 58.8 Å².